The molecular weight excluding hydrogens is 164 g/mol. The van der Waals surface area contributed by atoms with Gasteiger partial charge in [-0.3, -0.25) is 0 Å². The molecule has 2 nitrogen and oxygen atoms in total. The fourth-order valence-electron chi connectivity index (χ4n) is 1.81. The highest BCUT2D eigenvalue weighted by atomic mass is 16.5. The van der Waals surface area contributed by atoms with Crippen LogP contribution in [0.1, 0.15) is 51.4 Å². The molecule has 1 aliphatic rings. The highest BCUT2D eigenvalue weighted by molar-refractivity contribution is 5.48. The Labute approximate surface area is 80.7 Å². The van der Waals surface area contributed by atoms with Crippen molar-refractivity contribution in [3.8, 4) is 0 Å². The molecule has 0 aromatic heterocycles. The fraction of sp³-hybridized carbons (Fsp3) is 0.909. The molecule has 1 saturated heterocycles. The van der Waals surface area contributed by atoms with Crippen molar-refractivity contribution in [2.24, 2.45) is 0 Å². The third kappa shape index (κ3) is 5.04. The summed E-state index contributed by atoms with van der Waals surface area (Å²) in [7, 11) is 0. The van der Waals surface area contributed by atoms with Crippen LogP contribution in [0, 0.1) is 0 Å². The molecule has 76 valence electrons. The van der Waals surface area contributed by atoms with Crippen molar-refractivity contribution in [2.45, 2.75) is 57.5 Å². The normalized spacial score (nSPS) is 23.8. The van der Waals surface area contributed by atoms with Crippen LogP contribution >= 0.6 is 0 Å². The van der Waals surface area contributed by atoms with Crippen LogP contribution in [0.2, 0.25) is 0 Å². The Morgan fingerprint density at radius 3 is 3.00 bits per heavy atom. The van der Waals surface area contributed by atoms with Crippen molar-refractivity contribution in [3.63, 3.8) is 0 Å². The lowest BCUT2D eigenvalue weighted by Gasteiger charge is -2.13. The highest BCUT2D eigenvalue weighted by Gasteiger charge is 2.11. The van der Waals surface area contributed by atoms with Crippen molar-refractivity contribution >= 4 is 6.29 Å². The number of aldehydes is 1. The Kier molecular flexibility index (Phi) is 5.83. The summed E-state index contributed by atoms with van der Waals surface area (Å²) in [5.74, 6) is 0. The molecule has 0 aromatic carbocycles. The molecular formula is C11H20O2. The number of hydrogen-bond acceptors (Lipinski definition) is 2. The second-order valence-corrected chi connectivity index (χ2v) is 3.79. The average Bonchev–Trinajstić information content (AvgIpc) is 2.41. The van der Waals surface area contributed by atoms with Gasteiger partial charge in [-0.25, -0.2) is 0 Å². The first-order valence-corrected chi connectivity index (χ1v) is 5.48. The van der Waals surface area contributed by atoms with Gasteiger partial charge in [-0.2, -0.15) is 0 Å². The van der Waals surface area contributed by atoms with E-state index in [9.17, 15) is 4.79 Å². The number of rotatable bonds is 5. The number of carbonyl (C=O) groups is 1. The van der Waals surface area contributed by atoms with Gasteiger partial charge >= 0.3 is 0 Å². The second-order valence-electron chi connectivity index (χ2n) is 3.79. The minimum absolute atomic E-state index is 0.481. The van der Waals surface area contributed by atoms with E-state index in [1.165, 1.54) is 25.7 Å². The third-order valence-corrected chi connectivity index (χ3v) is 2.62. The van der Waals surface area contributed by atoms with Gasteiger partial charge in [-0.05, 0) is 25.7 Å². The van der Waals surface area contributed by atoms with E-state index in [4.69, 9.17) is 4.74 Å². The van der Waals surface area contributed by atoms with E-state index >= 15 is 0 Å². The molecule has 0 aromatic rings. The molecule has 0 radical (unpaired) electrons. The molecule has 2 heteroatoms. The Balaban J connectivity index is 2.01. The second kappa shape index (κ2) is 7.07. The van der Waals surface area contributed by atoms with Crippen LogP contribution in [-0.4, -0.2) is 19.0 Å². The summed E-state index contributed by atoms with van der Waals surface area (Å²) in [6, 6.07) is 0. The van der Waals surface area contributed by atoms with E-state index < -0.39 is 0 Å². The molecule has 1 unspecified atom stereocenters. The van der Waals surface area contributed by atoms with Crippen LogP contribution in [0.25, 0.3) is 0 Å². The van der Waals surface area contributed by atoms with Gasteiger partial charge in [0.15, 0.2) is 0 Å². The minimum atomic E-state index is 0.481. The third-order valence-electron chi connectivity index (χ3n) is 2.62. The summed E-state index contributed by atoms with van der Waals surface area (Å²) >= 11 is 0. The Morgan fingerprint density at radius 2 is 2.15 bits per heavy atom. The van der Waals surface area contributed by atoms with E-state index in [1.54, 1.807) is 0 Å². The van der Waals surface area contributed by atoms with Crippen molar-refractivity contribution < 1.29 is 9.53 Å². The van der Waals surface area contributed by atoms with Crippen LogP contribution in [0.4, 0.5) is 0 Å². The van der Waals surface area contributed by atoms with Gasteiger partial charge in [0.25, 0.3) is 0 Å². The minimum Gasteiger partial charge on any atom is -0.378 e. The highest BCUT2D eigenvalue weighted by Crippen LogP contribution is 2.17. The van der Waals surface area contributed by atoms with Crippen molar-refractivity contribution in [1.29, 1.82) is 0 Å². The zero-order chi connectivity index (χ0) is 9.36. The van der Waals surface area contributed by atoms with Crippen LogP contribution in [0.3, 0.4) is 0 Å². The lowest BCUT2D eigenvalue weighted by atomic mass is 10.1. The van der Waals surface area contributed by atoms with E-state index in [2.05, 4.69) is 0 Å². The SMILES string of the molecule is O=CCCCCC1CCCCCO1. The van der Waals surface area contributed by atoms with E-state index in [1.807, 2.05) is 0 Å². The van der Waals surface area contributed by atoms with E-state index in [-0.39, 0.29) is 0 Å². The molecule has 0 spiro atoms. The zero-order valence-corrected chi connectivity index (χ0v) is 8.34. The quantitative estimate of drug-likeness (QED) is 0.485. The van der Waals surface area contributed by atoms with Gasteiger partial charge in [0.05, 0.1) is 6.10 Å². The molecule has 0 aliphatic carbocycles. The Hall–Kier alpha value is -0.370. The van der Waals surface area contributed by atoms with Gasteiger partial charge in [0.1, 0.15) is 6.29 Å². The predicted octanol–water partition coefficient (Wildman–Crippen LogP) is 2.70. The first kappa shape index (κ1) is 10.7. The van der Waals surface area contributed by atoms with Crippen LogP contribution in [0.15, 0.2) is 0 Å². The maximum Gasteiger partial charge on any atom is 0.119 e. The molecule has 1 heterocycles. The molecule has 0 amide bonds. The molecule has 0 saturated carbocycles. The fourth-order valence-corrected chi connectivity index (χ4v) is 1.81. The monoisotopic (exact) mass is 184 g/mol. The number of hydrogen-bond donors (Lipinski definition) is 0. The molecule has 0 N–H and O–H groups in total. The van der Waals surface area contributed by atoms with Gasteiger partial charge in [-0.15, -0.1) is 0 Å². The molecule has 1 rings (SSSR count). The zero-order valence-electron chi connectivity index (χ0n) is 8.34. The summed E-state index contributed by atoms with van der Waals surface area (Å²) in [4.78, 5) is 10.1. The average molecular weight is 184 g/mol. The topological polar surface area (TPSA) is 26.3 Å². The predicted molar refractivity (Wildman–Crippen MR) is 52.7 cm³/mol. The first-order chi connectivity index (χ1) is 6.43. The summed E-state index contributed by atoms with van der Waals surface area (Å²) in [6.07, 6.45) is 10.6. The number of unbranched alkanes of at least 4 members (excludes halogenated alkanes) is 2. The van der Waals surface area contributed by atoms with Crippen molar-refractivity contribution in [2.75, 3.05) is 6.61 Å². The van der Waals surface area contributed by atoms with Gasteiger partial charge < -0.3 is 9.53 Å². The lowest BCUT2D eigenvalue weighted by Crippen LogP contribution is -2.11. The molecule has 1 aliphatic heterocycles. The van der Waals surface area contributed by atoms with Crippen LogP contribution < -0.4 is 0 Å². The molecule has 1 atom stereocenters. The van der Waals surface area contributed by atoms with E-state index in [0.717, 1.165) is 32.2 Å². The lowest BCUT2D eigenvalue weighted by molar-refractivity contribution is -0.108. The first-order valence-electron chi connectivity index (χ1n) is 5.48. The summed E-state index contributed by atoms with van der Waals surface area (Å²) < 4.78 is 5.69. The van der Waals surface area contributed by atoms with Crippen molar-refractivity contribution in [1.82, 2.24) is 0 Å². The smallest absolute Gasteiger partial charge is 0.119 e. The van der Waals surface area contributed by atoms with Crippen LogP contribution in [0.5, 0.6) is 0 Å². The number of carbonyl (C=O) groups excluding carboxylic acids is 1. The maximum atomic E-state index is 10.1. The van der Waals surface area contributed by atoms with Crippen molar-refractivity contribution in [3.05, 3.63) is 0 Å². The standard InChI is InChI=1S/C11H20O2/c12-9-5-1-3-7-11-8-4-2-6-10-13-11/h9,11H,1-8,10H2. The van der Waals surface area contributed by atoms with Gasteiger partial charge in [-0.1, -0.05) is 19.3 Å². The summed E-state index contributed by atoms with van der Waals surface area (Å²) in [6.45, 7) is 0.943. The largest absolute Gasteiger partial charge is 0.378 e. The number of ether oxygens (including phenoxy) is 1. The molecule has 0 bridgehead atoms. The van der Waals surface area contributed by atoms with Gasteiger partial charge in [0, 0.05) is 13.0 Å². The van der Waals surface area contributed by atoms with E-state index in [0.29, 0.717) is 12.5 Å². The maximum absolute atomic E-state index is 10.1. The Bertz CT molecular complexity index is 126. The molecule has 1 fully saturated rings. The van der Waals surface area contributed by atoms with Crippen LogP contribution in [-0.2, 0) is 9.53 Å². The Morgan fingerprint density at radius 1 is 1.23 bits per heavy atom. The summed E-state index contributed by atoms with van der Waals surface area (Å²) in [5.41, 5.74) is 0. The molecule has 13 heavy (non-hydrogen) atoms. The van der Waals surface area contributed by atoms with Gasteiger partial charge in [0.2, 0.25) is 0 Å². The summed E-state index contributed by atoms with van der Waals surface area (Å²) in [5, 5.41) is 0.